The maximum atomic E-state index is 11.8. The van der Waals surface area contributed by atoms with Gasteiger partial charge in [-0.1, -0.05) is 135 Å². The number of nitrogens with two attached hydrogens (primary N) is 1. The molecular formula is C34H65NO6. The average Bonchev–Trinajstić information content (AvgIpc) is 2.93. The van der Waals surface area contributed by atoms with Crippen LogP contribution in [0.3, 0.4) is 0 Å². The first-order valence-corrected chi connectivity index (χ1v) is 17.2. The Labute approximate surface area is 251 Å². The highest BCUT2D eigenvalue weighted by atomic mass is 16.5. The molecule has 7 heteroatoms. The van der Waals surface area contributed by atoms with Crippen LogP contribution in [0.15, 0.2) is 0 Å². The second-order valence-electron chi connectivity index (χ2n) is 12.1. The highest BCUT2D eigenvalue weighted by Crippen LogP contribution is 2.21. The molecule has 4 N–H and O–H groups in total. The fraction of sp³-hybridized carbons (Fsp3) is 0.912. The Morgan fingerprint density at radius 1 is 0.463 bits per heavy atom. The van der Waals surface area contributed by atoms with E-state index in [0.717, 1.165) is 51.4 Å². The topological polar surface area (TPSA) is 127 Å². The van der Waals surface area contributed by atoms with E-state index in [-0.39, 0.29) is 5.97 Å². The minimum atomic E-state index is -0.682. The van der Waals surface area contributed by atoms with Crippen molar-refractivity contribution in [3.63, 3.8) is 0 Å². The molecule has 0 bridgehead atoms. The lowest BCUT2D eigenvalue weighted by Crippen LogP contribution is -2.17. The standard InChI is InChI=1S/C34H65NO6/c35-29-28-34(40)41-30-31(25-21-17-13-9-5-3-7-11-15-19-23-27-33(38)39)24-20-16-12-8-4-1-2-6-10-14-18-22-26-32(36)37/h31H,1-30,35H2,(H,36,37)(H,38,39)/t31-/m1/s1. The third-order valence-electron chi connectivity index (χ3n) is 8.08. The van der Waals surface area contributed by atoms with Gasteiger partial charge in [-0.2, -0.15) is 0 Å². The van der Waals surface area contributed by atoms with Crippen LogP contribution >= 0.6 is 0 Å². The van der Waals surface area contributed by atoms with Crippen LogP contribution in [-0.2, 0) is 19.1 Å². The maximum absolute atomic E-state index is 11.8. The number of carboxylic acid groups (broad SMARTS) is 2. The minimum absolute atomic E-state index is 0.167. The zero-order valence-corrected chi connectivity index (χ0v) is 26.4. The van der Waals surface area contributed by atoms with Gasteiger partial charge in [0.25, 0.3) is 0 Å². The number of hydrogen-bond donors (Lipinski definition) is 3. The summed E-state index contributed by atoms with van der Waals surface area (Å²) in [4.78, 5) is 32.8. The fourth-order valence-electron chi connectivity index (χ4n) is 5.49. The summed E-state index contributed by atoms with van der Waals surface area (Å²) in [6.07, 6.45) is 30.8. The molecular weight excluding hydrogens is 518 g/mol. The van der Waals surface area contributed by atoms with Gasteiger partial charge in [-0.15, -0.1) is 0 Å². The second-order valence-corrected chi connectivity index (χ2v) is 12.1. The summed E-state index contributed by atoms with van der Waals surface area (Å²) in [5, 5.41) is 17.3. The molecule has 0 aromatic carbocycles. The van der Waals surface area contributed by atoms with Gasteiger partial charge >= 0.3 is 17.9 Å². The van der Waals surface area contributed by atoms with Crippen LogP contribution in [-0.4, -0.2) is 41.3 Å². The molecule has 1 atom stereocenters. The summed E-state index contributed by atoms with van der Waals surface area (Å²) in [6, 6.07) is 0. The molecule has 41 heavy (non-hydrogen) atoms. The molecule has 0 spiro atoms. The van der Waals surface area contributed by atoms with E-state index in [1.165, 1.54) is 109 Å². The van der Waals surface area contributed by atoms with Crippen molar-refractivity contribution in [3.05, 3.63) is 0 Å². The van der Waals surface area contributed by atoms with Crippen LogP contribution in [0.5, 0.6) is 0 Å². The Kier molecular flexibility index (Phi) is 30.1. The Hall–Kier alpha value is -1.63. The van der Waals surface area contributed by atoms with E-state index in [2.05, 4.69) is 0 Å². The van der Waals surface area contributed by atoms with E-state index in [1.807, 2.05) is 0 Å². The lowest BCUT2D eigenvalue weighted by Gasteiger charge is -2.17. The summed E-state index contributed by atoms with van der Waals surface area (Å²) in [5.41, 5.74) is 5.49. The van der Waals surface area contributed by atoms with Crippen LogP contribution < -0.4 is 5.73 Å². The highest BCUT2D eigenvalue weighted by molar-refractivity contribution is 5.69. The van der Waals surface area contributed by atoms with Gasteiger partial charge in [-0.25, -0.2) is 0 Å². The Bertz CT molecular complexity index is 612. The predicted octanol–water partition coefficient (Wildman–Crippen LogP) is 9.20. The van der Waals surface area contributed by atoms with E-state index in [1.54, 1.807) is 0 Å². The van der Waals surface area contributed by atoms with Crippen molar-refractivity contribution in [3.8, 4) is 0 Å². The predicted molar refractivity (Wildman–Crippen MR) is 168 cm³/mol. The monoisotopic (exact) mass is 583 g/mol. The molecule has 0 heterocycles. The molecule has 0 unspecified atom stereocenters. The molecule has 0 fully saturated rings. The largest absolute Gasteiger partial charge is 0.481 e. The van der Waals surface area contributed by atoms with Gasteiger partial charge in [0, 0.05) is 19.4 Å². The minimum Gasteiger partial charge on any atom is -0.481 e. The van der Waals surface area contributed by atoms with Crippen molar-refractivity contribution in [1.29, 1.82) is 0 Å². The molecule has 0 aliphatic rings. The van der Waals surface area contributed by atoms with Crippen molar-refractivity contribution in [1.82, 2.24) is 0 Å². The van der Waals surface area contributed by atoms with Crippen molar-refractivity contribution in [2.24, 2.45) is 11.7 Å². The number of ether oxygens (including phenoxy) is 1. The van der Waals surface area contributed by atoms with Crippen LogP contribution in [0, 0.1) is 5.92 Å². The summed E-state index contributed by atoms with van der Waals surface area (Å²) in [6.45, 7) is 0.891. The summed E-state index contributed by atoms with van der Waals surface area (Å²) in [5.74, 6) is -1.06. The van der Waals surface area contributed by atoms with Gasteiger partial charge in [0.15, 0.2) is 0 Å². The number of rotatable bonds is 33. The number of carboxylic acids is 2. The van der Waals surface area contributed by atoms with Gasteiger partial charge < -0.3 is 20.7 Å². The van der Waals surface area contributed by atoms with Crippen molar-refractivity contribution >= 4 is 17.9 Å². The highest BCUT2D eigenvalue weighted by Gasteiger charge is 2.12. The number of carbonyl (C=O) groups excluding carboxylic acids is 1. The molecule has 0 aromatic heterocycles. The molecule has 0 rings (SSSR count). The van der Waals surface area contributed by atoms with Crippen LogP contribution in [0.2, 0.25) is 0 Å². The lowest BCUT2D eigenvalue weighted by atomic mass is 9.94. The summed E-state index contributed by atoms with van der Waals surface area (Å²) < 4.78 is 5.51. The van der Waals surface area contributed by atoms with Crippen LogP contribution in [0.25, 0.3) is 0 Å². The van der Waals surface area contributed by atoms with E-state index in [4.69, 9.17) is 20.7 Å². The van der Waals surface area contributed by atoms with Crippen LogP contribution in [0.1, 0.15) is 180 Å². The van der Waals surface area contributed by atoms with Crippen molar-refractivity contribution in [2.45, 2.75) is 180 Å². The smallest absolute Gasteiger partial charge is 0.307 e. The Balaban J connectivity index is 3.77. The van der Waals surface area contributed by atoms with E-state index >= 15 is 0 Å². The number of unbranched alkanes of at least 4 members (excludes halogenated alkanes) is 21. The van der Waals surface area contributed by atoms with E-state index in [9.17, 15) is 14.4 Å². The molecule has 0 aliphatic heterocycles. The molecule has 7 nitrogen and oxygen atoms in total. The zero-order chi connectivity index (χ0) is 30.2. The van der Waals surface area contributed by atoms with Gasteiger partial charge in [0.1, 0.15) is 0 Å². The van der Waals surface area contributed by atoms with E-state index < -0.39 is 11.9 Å². The van der Waals surface area contributed by atoms with Crippen LogP contribution in [0.4, 0.5) is 0 Å². The average molecular weight is 584 g/mol. The number of carbonyl (C=O) groups is 3. The zero-order valence-electron chi connectivity index (χ0n) is 26.4. The van der Waals surface area contributed by atoms with Gasteiger partial charge in [-0.3, -0.25) is 14.4 Å². The normalized spacial score (nSPS) is 11.9. The molecule has 0 saturated heterocycles. The van der Waals surface area contributed by atoms with Gasteiger partial charge in [0.05, 0.1) is 13.0 Å². The fourth-order valence-corrected chi connectivity index (χ4v) is 5.49. The number of esters is 1. The molecule has 242 valence electrons. The van der Waals surface area contributed by atoms with Crippen molar-refractivity contribution in [2.75, 3.05) is 13.2 Å². The maximum Gasteiger partial charge on any atom is 0.307 e. The molecule has 0 saturated carbocycles. The summed E-state index contributed by atoms with van der Waals surface area (Å²) in [7, 11) is 0. The first kappa shape index (κ1) is 39.4. The second kappa shape index (κ2) is 31.3. The quantitative estimate of drug-likeness (QED) is 0.0519. The lowest BCUT2D eigenvalue weighted by molar-refractivity contribution is -0.145. The Morgan fingerprint density at radius 3 is 1.05 bits per heavy atom. The van der Waals surface area contributed by atoms with Crippen molar-refractivity contribution < 1.29 is 29.3 Å². The SMILES string of the molecule is NCCC(=O)OC[C@H](CCCCCCCCCCCCCCC(=O)O)CCCCCCCCCCCCCC(=O)O. The van der Waals surface area contributed by atoms with E-state index in [0.29, 0.717) is 38.3 Å². The van der Waals surface area contributed by atoms with Gasteiger partial charge in [-0.05, 0) is 31.6 Å². The third kappa shape index (κ3) is 32.7. The summed E-state index contributed by atoms with van der Waals surface area (Å²) >= 11 is 0. The van der Waals surface area contributed by atoms with Gasteiger partial charge in [0.2, 0.25) is 0 Å². The molecule has 0 aliphatic carbocycles. The first-order valence-electron chi connectivity index (χ1n) is 17.2. The molecule has 0 amide bonds. The molecule has 0 radical (unpaired) electrons. The number of hydrogen-bond acceptors (Lipinski definition) is 5. The third-order valence-corrected chi connectivity index (χ3v) is 8.08. The molecule has 0 aromatic rings. The Morgan fingerprint density at radius 2 is 0.756 bits per heavy atom. The first-order chi connectivity index (χ1) is 20.0. The number of aliphatic carboxylic acids is 2.